The number of H-pyrrole nitrogens is 1. The lowest BCUT2D eigenvalue weighted by Gasteiger charge is -2.05. The van der Waals surface area contributed by atoms with Gasteiger partial charge in [0.05, 0.1) is 6.33 Å². The van der Waals surface area contributed by atoms with Crippen LogP contribution in [0, 0.1) is 0 Å². The molecule has 7 nitrogen and oxygen atoms in total. The fourth-order valence-corrected chi connectivity index (χ4v) is 1.48. The maximum absolute atomic E-state index is 11.8. The van der Waals surface area contributed by atoms with E-state index in [1.54, 1.807) is 24.7 Å². The van der Waals surface area contributed by atoms with Crippen molar-refractivity contribution in [3.8, 4) is 0 Å². The molecule has 0 atom stereocenters. The van der Waals surface area contributed by atoms with Gasteiger partial charge in [-0.15, -0.1) is 0 Å². The molecule has 0 radical (unpaired) electrons. The van der Waals surface area contributed by atoms with Gasteiger partial charge in [-0.1, -0.05) is 0 Å². The Kier molecular flexibility index (Phi) is 3.87. The third kappa shape index (κ3) is 3.05. The quantitative estimate of drug-likeness (QED) is 0.441. The van der Waals surface area contributed by atoms with Crippen molar-refractivity contribution in [3.05, 3.63) is 42.1 Å². The number of nitrogens with two attached hydrogens (primary N) is 1. The highest BCUT2D eigenvalue weighted by Gasteiger charge is 2.06. The summed E-state index contributed by atoms with van der Waals surface area (Å²) in [5.41, 5.74) is 3.89. The number of hydrogen-bond donors (Lipinski definition) is 4. The Morgan fingerprint density at radius 2 is 2.39 bits per heavy atom. The van der Waals surface area contributed by atoms with E-state index in [2.05, 4.69) is 25.7 Å². The molecule has 1 amide bonds. The van der Waals surface area contributed by atoms with Gasteiger partial charge in [0.2, 0.25) is 0 Å². The number of hydrogen-bond acceptors (Lipinski definition) is 5. The van der Waals surface area contributed by atoms with Crippen molar-refractivity contribution in [2.45, 2.75) is 6.42 Å². The zero-order chi connectivity index (χ0) is 12.8. The number of carbonyl (C=O) groups is 1. The maximum atomic E-state index is 11.8. The molecule has 0 aliphatic heterocycles. The molecule has 0 aromatic carbocycles. The normalized spacial score (nSPS) is 10.1. The molecule has 0 unspecified atom stereocenters. The smallest absolute Gasteiger partial charge is 0.251 e. The first-order valence-electron chi connectivity index (χ1n) is 5.47. The van der Waals surface area contributed by atoms with E-state index in [0.717, 1.165) is 5.69 Å². The molecule has 7 heteroatoms. The van der Waals surface area contributed by atoms with Crippen molar-refractivity contribution >= 4 is 11.7 Å². The number of imidazole rings is 1. The summed E-state index contributed by atoms with van der Waals surface area (Å²) in [5, 5.41) is 2.81. The largest absolute Gasteiger partial charge is 0.352 e. The highest BCUT2D eigenvalue weighted by atomic mass is 16.1. The third-order valence-corrected chi connectivity index (χ3v) is 2.40. The van der Waals surface area contributed by atoms with Crippen molar-refractivity contribution in [3.63, 3.8) is 0 Å². The van der Waals surface area contributed by atoms with Gasteiger partial charge in [0, 0.05) is 36.6 Å². The first-order valence-corrected chi connectivity index (χ1v) is 5.47. The van der Waals surface area contributed by atoms with Crippen molar-refractivity contribution in [2.24, 2.45) is 5.84 Å². The summed E-state index contributed by atoms with van der Waals surface area (Å²) in [6.07, 6.45) is 5.58. The number of aromatic amines is 1. The first kappa shape index (κ1) is 12.1. The lowest BCUT2D eigenvalue weighted by molar-refractivity contribution is 0.0954. The Morgan fingerprint density at radius 1 is 1.50 bits per heavy atom. The van der Waals surface area contributed by atoms with Crippen molar-refractivity contribution in [1.82, 2.24) is 20.3 Å². The number of pyridine rings is 1. The van der Waals surface area contributed by atoms with Crippen LogP contribution in [0.1, 0.15) is 16.1 Å². The summed E-state index contributed by atoms with van der Waals surface area (Å²) in [5.74, 6) is 5.52. The van der Waals surface area contributed by atoms with Crippen LogP contribution in [0.2, 0.25) is 0 Å². The van der Waals surface area contributed by atoms with Crippen LogP contribution in [-0.4, -0.2) is 27.4 Å². The molecule has 0 aliphatic rings. The average molecular weight is 246 g/mol. The second kappa shape index (κ2) is 5.78. The van der Waals surface area contributed by atoms with Crippen LogP contribution in [0.5, 0.6) is 0 Å². The molecule has 2 aromatic heterocycles. The SMILES string of the molecule is NNc1cc(C(=O)NCCc2cnc[nH]2)ccn1. The minimum atomic E-state index is -0.159. The molecule has 0 spiro atoms. The Morgan fingerprint density at radius 3 is 3.11 bits per heavy atom. The molecule has 0 saturated carbocycles. The van der Waals surface area contributed by atoms with Gasteiger partial charge in [-0.3, -0.25) is 4.79 Å². The predicted molar refractivity (Wildman–Crippen MR) is 66.7 cm³/mol. The van der Waals surface area contributed by atoms with Crippen molar-refractivity contribution in [1.29, 1.82) is 0 Å². The van der Waals surface area contributed by atoms with E-state index in [1.165, 1.54) is 6.20 Å². The van der Waals surface area contributed by atoms with Gasteiger partial charge in [-0.2, -0.15) is 0 Å². The van der Waals surface area contributed by atoms with E-state index in [-0.39, 0.29) is 5.91 Å². The average Bonchev–Trinajstić information content (AvgIpc) is 2.92. The van der Waals surface area contributed by atoms with E-state index in [1.807, 2.05) is 0 Å². The highest BCUT2D eigenvalue weighted by molar-refractivity contribution is 5.94. The number of nitrogens with one attached hydrogen (secondary N) is 3. The molecule has 0 fully saturated rings. The number of amides is 1. The lowest BCUT2D eigenvalue weighted by atomic mass is 10.2. The number of nitrogens with zero attached hydrogens (tertiary/aromatic N) is 2. The Balaban J connectivity index is 1.87. The fourth-order valence-electron chi connectivity index (χ4n) is 1.48. The molecule has 2 rings (SSSR count). The summed E-state index contributed by atoms with van der Waals surface area (Å²) in [4.78, 5) is 22.6. The molecule has 0 bridgehead atoms. The van der Waals surface area contributed by atoms with Gasteiger partial charge in [-0.05, 0) is 12.1 Å². The lowest BCUT2D eigenvalue weighted by Crippen LogP contribution is -2.26. The second-order valence-electron chi connectivity index (χ2n) is 3.66. The van der Waals surface area contributed by atoms with Gasteiger partial charge in [-0.25, -0.2) is 15.8 Å². The summed E-state index contributed by atoms with van der Waals surface area (Å²) in [6, 6.07) is 3.22. The van der Waals surface area contributed by atoms with E-state index in [0.29, 0.717) is 24.3 Å². The van der Waals surface area contributed by atoms with Gasteiger partial charge in [0.15, 0.2) is 0 Å². The zero-order valence-electron chi connectivity index (χ0n) is 9.68. The number of aromatic nitrogens is 3. The number of anilines is 1. The molecule has 94 valence electrons. The number of nitrogen functional groups attached to an aromatic ring is 1. The van der Waals surface area contributed by atoms with E-state index in [4.69, 9.17) is 5.84 Å². The van der Waals surface area contributed by atoms with E-state index in [9.17, 15) is 4.79 Å². The minimum absolute atomic E-state index is 0.159. The number of carbonyl (C=O) groups excluding carboxylic acids is 1. The van der Waals surface area contributed by atoms with Crippen molar-refractivity contribution in [2.75, 3.05) is 12.0 Å². The summed E-state index contributed by atoms with van der Waals surface area (Å²) in [6.45, 7) is 0.536. The van der Waals surface area contributed by atoms with Gasteiger partial charge < -0.3 is 15.7 Å². The van der Waals surface area contributed by atoms with E-state index < -0.39 is 0 Å². The number of rotatable bonds is 5. The van der Waals surface area contributed by atoms with Gasteiger partial charge in [0.25, 0.3) is 5.91 Å². The number of hydrazine groups is 1. The first-order chi connectivity index (χ1) is 8.79. The zero-order valence-corrected chi connectivity index (χ0v) is 9.68. The summed E-state index contributed by atoms with van der Waals surface area (Å²) in [7, 11) is 0. The topological polar surface area (TPSA) is 109 Å². The van der Waals surface area contributed by atoms with Crippen LogP contribution in [-0.2, 0) is 6.42 Å². The molecule has 2 heterocycles. The molecular formula is C11H14N6O. The molecule has 18 heavy (non-hydrogen) atoms. The molecule has 0 saturated heterocycles. The molecule has 0 aliphatic carbocycles. The fraction of sp³-hybridized carbons (Fsp3) is 0.182. The van der Waals surface area contributed by atoms with Crippen LogP contribution in [0.3, 0.4) is 0 Å². The minimum Gasteiger partial charge on any atom is -0.352 e. The van der Waals surface area contributed by atoms with Crippen LogP contribution in [0.15, 0.2) is 30.9 Å². The van der Waals surface area contributed by atoms with Gasteiger partial charge in [0.1, 0.15) is 5.82 Å². The Labute approximate surface area is 104 Å². The van der Waals surface area contributed by atoms with Crippen LogP contribution >= 0.6 is 0 Å². The Hall–Kier alpha value is -2.41. The standard InChI is InChI=1S/C11H14N6O/c12-17-10-5-8(1-3-14-10)11(18)15-4-2-9-6-13-7-16-9/h1,3,5-7H,2,4,12H2,(H,13,16)(H,14,17)(H,15,18). The summed E-state index contributed by atoms with van der Waals surface area (Å²) >= 11 is 0. The van der Waals surface area contributed by atoms with Crippen molar-refractivity contribution < 1.29 is 4.79 Å². The molecular weight excluding hydrogens is 232 g/mol. The van der Waals surface area contributed by atoms with Crippen LogP contribution in [0.4, 0.5) is 5.82 Å². The molecule has 2 aromatic rings. The second-order valence-corrected chi connectivity index (χ2v) is 3.66. The maximum Gasteiger partial charge on any atom is 0.251 e. The van der Waals surface area contributed by atoms with E-state index >= 15 is 0 Å². The Bertz CT molecular complexity index is 510. The summed E-state index contributed by atoms with van der Waals surface area (Å²) < 4.78 is 0. The van der Waals surface area contributed by atoms with Crippen LogP contribution < -0.4 is 16.6 Å². The van der Waals surface area contributed by atoms with Gasteiger partial charge >= 0.3 is 0 Å². The predicted octanol–water partition coefficient (Wildman–Crippen LogP) is 0.0628. The van der Waals surface area contributed by atoms with Crippen LogP contribution in [0.25, 0.3) is 0 Å². The third-order valence-electron chi connectivity index (χ3n) is 2.40. The highest BCUT2D eigenvalue weighted by Crippen LogP contribution is 2.04. The molecule has 5 N–H and O–H groups in total. The monoisotopic (exact) mass is 246 g/mol.